The van der Waals surface area contributed by atoms with Gasteiger partial charge in [0.25, 0.3) is 0 Å². The van der Waals surface area contributed by atoms with Crippen molar-refractivity contribution < 1.29 is 80.2 Å². The first-order chi connectivity index (χ1) is 42.5. The van der Waals surface area contributed by atoms with Gasteiger partial charge in [-0.3, -0.25) is 37.3 Å². The maximum Gasteiger partial charge on any atom is 0.472 e. The Morgan fingerprint density at radius 1 is 0.352 bits per heavy atom. The van der Waals surface area contributed by atoms with Crippen LogP contribution in [0.25, 0.3) is 0 Å². The molecule has 5 atom stereocenters. The maximum absolute atomic E-state index is 13.0. The molecular formula is C69H130O17P2. The predicted molar refractivity (Wildman–Crippen MR) is 354 cm³/mol. The first-order valence-electron chi connectivity index (χ1n) is 35.5. The van der Waals surface area contributed by atoms with Crippen LogP contribution in [0.5, 0.6) is 0 Å². The van der Waals surface area contributed by atoms with Gasteiger partial charge in [0.1, 0.15) is 19.3 Å². The smallest absolute Gasteiger partial charge is 0.462 e. The summed E-state index contributed by atoms with van der Waals surface area (Å²) < 4.78 is 68.1. The lowest BCUT2D eigenvalue weighted by Crippen LogP contribution is -2.30. The fourth-order valence-corrected chi connectivity index (χ4v) is 11.5. The number of carbonyl (C=O) groups excluding carboxylic acids is 4. The standard InChI is InChI=1S/C69H130O17P2/c1-6-9-12-15-18-20-22-24-25-27-29-35-40-45-50-55-69(74)86-65(59-80-67(72)53-48-43-38-33-31-30-32-37-41-46-51-62(4)5)61-84-88(77,78)82-57-63(70)56-81-87(75,76)83-60-64(58-79-66(71)52-47-42-36-17-14-11-8-3)85-68(73)54-49-44-39-34-28-26-23-21-19-16-13-10-7-2/h20,22,24-25,62-65,70H,6-19,21,23,26-61H2,1-5H3,(H,75,76)(H,77,78)/b22-20-,25-24-/t63-,64+,65+/m0/s1. The summed E-state index contributed by atoms with van der Waals surface area (Å²) in [7, 11) is -9.90. The van der Waals surface area contributed by atoms with Crippen molar-refractivity contribution in [3.8, 4) is 0 Å². The zero-order chi connectivity index (χ0) is 64.9. The minimum atomic E-state index is -4.96. The molecule has 0 heterocycles. The van der Waals surface area contributed by atoms with E-state index < -0.39 is 97.5 Å². The van der Waals surface area contributed by atoms with Crippen molar-refractivity contribution >= 4 is 39.5 Å². The van der Waals surface area contributed by atoms with E-state index >= 15 is 0 Å². The van der Waals surface area contributed by atoms with Gasteiger partial charge < -0.3 is 33.8 Å². The van der Waals surface area contributed by atoms with Gasteiger partial charge in [0.2, 0.25) is 0 Å². The van der Waals surface area contributed by atoms with Gasteiger partial charge >= 0.3 is 39.5 Å². The van der Waals surface area contributed by atoms with Crippen molar-refractivity contribution in [1.29, 1.82) is 0 Å². The minimum Gasteiger partial charge on any atom is -0.462 e. The fourth-order valence-electron chi connectivity index (χ4n) is 9.93. The van der Waals surface area contributed by atoms with Gasteiger partial charge in [-0.05, 0) is 57.3 Å². The van der Waals surface area contributed by atoms with Crippen LogP contribution in [0.2, 0.25) is 0 Å². The van der Waals surface area contributed by atoms with Crippen LogP contribution in [0.15, 0.2) is 24.3 Å². The molecule has 88 heavy (non-hydrogen) atoms. The maximum atomic E-state index is 13.0. The van der Waals surface area contributed by atoms with Crippen molar-refractivity contribution in [3.63, 3.8) is 0 Å². The molecule has 0 amide bonds. The van der Waals surface area contributed by atoms with E-state index in [2.05, 4.69) is 58.9 Å². The molecule has 2 unspecified atom stereocenters. The molecule has 0 aromatic carbocycles. The summed E-state index contributed by atoms with van der Waals surface area (Å²) in [4.78, 5) is 72.3. The van der Waals surface area contributed by atoms with E-state index in [1.807, 2.05) is 0 Å². The van der Waals surface area contributed by atoms with E-state index in [0.29, 0.717) is 25.7 Å². The fraction of sp³-hybridized carbons (Fsp3) is 0.884. The van der Waals surface area contributed by atoms with Crippen molar-refractivity contribution in [2.45, 2.75) is 348 Å². The van der Waals surface area contributed by atoms with Gasteiger partial charge in [-0.2, -0.15) is 0 Å². The lowest BCUT2D eigenvalue weighted by atomic mass is 10.0. The molecule has 0 spiro atoms. The van der Waals surface area contributed by atoms with Crippen LogP contribution in [0.1, 0.15) is 330 Å². The Balaban J connectivity index is 5.25. The number of rotatable bonds is 67. The third-order valence-electron chi connectivity index (χ3n) is 15.4. The topological polar surface area (TPSA) is 237 Å². The quantitative estimate of drug-likeness (QED) is 0.0169. The van der Waals surface area contributed by atoms with Crippen LogP contribution in [-0.2, 0) is 65.4 Å². The second kappa shape index (κ2) is 62.0. The molecular weight excluding hydrogens is 1160 g/mol. The van der Waals surface area contributed by atoms with E-state index in [4.69, 9.17) is 37.0 Å². The summed E-state index contributed by atoms with van der Waals surface area (Å²) in [5.74, 6) is -1.40. The molecule has 0 aliphatic heterocycles. The molecule has 0 fully saturated rings. The molecule has 0 aliphatic carbocycles. The Kier molecular flexibility index (Phi) is 60.3. The summed E-state index contributed by atoms with van der Waals surface area (Å²) in [6.07, 6.45) is 50.8. The number of carbonyl (C=O) groups is 4. The lowest BCUT2D eigenvalue weighted by molar-refractivity contribution is -0.161. The molecule has 0 radical (unpaired) electrons. The van der Waals surface area contributed by atoms with Gasteiger partial charge in [0.15, 0.2) is 12.2 Å². The van der Waals surface area contributed by atoms with Gasteiger partial charge in [0.05, 0.1) is 26.4 Å². The zero-order valence-electron chi connectivity index (χ0n) is 56.3. The van der Waals surface area contributed by atoms with Crippen LogP contribution in [0, 0.1) is 5.92 Å². The number of allylic oxidation sites excluding steroid dienone is 4. The van der Waals surface area contributed by atoms with Crippen LogP contribution in [-0.4, -0.2) is 96.7 Å². The molecule has 19 heteroatoms. The molecule has 0 aliphatic rings. The van der Waals surface area contributed by atoms with Crippen LogP contribution in [0.4, 0.5) is 0 Å². The normalized spacial score (nSPS) is 14.3. The zero-order valence-corrected chi connectivity index (χ0v) is 58.1. The molecule has 0 aromatic heterocycles. The third kappa shape index (κ3) is 62.4. The van der Waals surface area contributed by atoms with E-state index in [-0.39, 0.29) is 25.7 Å². The van der Waals surface area contributed by atoms with E-state index in [9.17, 15) is 43.2 Å². The number of hydrogen-bond acceptors (Lipinski definition) is 15. The first kappa shape index (κ1) is 85.5. The van der Waals surface area contributed by atoms with Gasteiger partial charge in [-0.25, -0.2) is 9.13 Å². The van der Waals surface area contributed by atoms with Crippen molar-refractivity contribution in [2.24, 2.45) is 5.92 Å². The minimum absolute atomic E-state index is 0.0849. The van der Waals surface area contributed by atoms with Crippen LogP contribution >= 0.6 is 15.6 Å². The Hall–Kier alpha value is -2.46. The Bertz CT molecular complexity index is 1800. The van der Waals surface area contributed by atoms with E-state index in [1.54, 1.807) is 0 Å². The Morgan fingerprint density at radius 2 is 0.614 bits per heavy atom. The third-order valence-corrected chi connectivity index (χ3v) is 17.3. The average molecular weight is 1290 g/mol. The van der Waals surface area contributed by atoms with Crippen LogP contribution < -0.4 is 0 Å². The number of ether oxygens (including phenoxy) is 4. The number of unbranched alkanes of at least 4 members (excludes halogenated alkanes) is 36. The van der Waals surface area contributed by atoms with Gasteiger partial charge in [-0.15, -0.1) is 0 Å². The van der Waals surface area contributed by atoms with Crippen LogP contribution in [0.3, 0.4) is 0 Å². The van der Waals surface area contributed by atoms with Crippen molar-refractivity contribution in [3.05, 3.63) is 24.3 Å². The highest BCUT2D eigenvalue weighted by Gasteiger charge is 2.30. The van der Waals surface area contributed by atoms with Crippen molar-refractivity contribution in [1.82, 2.24) is 0 Å². The highest BCUT2D eigenvalue weighted by atomic mass is 31.2. The second-order valence-electron chi connectivity index (χ2n) is 24.7. The number of phosphoric acid groups is 2. The summed E-state index contributed by atoms with van der Waals surface area (Å²) in [6, 6.07) is 0. The molecule has 0 rings (SSSR count). The summed E-state index contributed by atoms with van der Waals surface area (Å²) in [5, 5.41) is 10.6. The molecule has 3 N–H and O–H groups in total. The molecule has 518 valence electrons. The van der Waals surface area contributed by atoms with E-state index in [1.165, 1.54) is 128 Å². The van der Waals surface area contributed by atoms with Gasteiger partial charge in [-0.1, -0.05) is 277 Å². The highest BCUT2D eigenvalue weighted by Crippen LogP contribution is 2.45. The number of hydrogen-bond donors (Lipinski definition) is 3. The molecule has 17 nitrogen and oxygen atoms in total. The average Bonchev–Trinajstić information content (AvgIpc) is 3.63. The second-order valence-corrected chi connectivity index (χ2v) is 27.6. The summed E-state index contributed by atoms with van der Waals surface area (Å²) in [6.45, 7) is 7.12. The summed E-state index contributed by atoms with van der Waals surface area (Å²) >= 11 is 0. The van der Waals surface area contributed by atoms with E-state index in [0.717, 1.165) is 121 Å². The highest BCUT2D eigenvalue weighted by molar-refractivity contribution is 7.47. The largest absolute Gasteiger partial charge is 0.472 e. The summed E-state index contributed by atoms with van der Waals surface area (Å²) in [5.41, 5.74) is 0. The van der Waals surface area contributed by atoms with Crippen molar-refractivity contribution in [2.75, 3.05) is 39.6 Å². The SMILES string of the molecule is CCCCCC/C=C\C=C/CCCCCCCC(=O)O[C@H](COC(=O)CCCCCCCCCCCCC(C)C)COP(=O)(O)OC[C@@H](O)COP(=O)(O)OC[C@@H](COC(=O)CCCCCCCCC)OC(=O)CCCCCCCCCCCCCCC. The number of aliphatic hydroxyl groups is 1. The Morgan fingerprint density at radius 3 is 0.932 bits per heavy atom. The molecule has 0 bridgehead atoms. The first-order valence-corrected chi connectivity index (χ1v) is 38.4. The predicted octanol–water partition coefficient (Wildman–Crippen LogP) is 19.3. The molecule has 0 saturated carbocycles. The lowest BCUT2D eigenvalue weighted by Gasteiger charge is -2.21. The number of aliphatic hydroxyl groups excluding tert-OH is 1. The molecule has 0 aromatic rings. The Labute approximate surface area is 535 Å². The monoisotopic (exact) mass is 1290 g/mol. The number of phosphoric ester groups is 2. The van der Waals surface area contributed by atoms with Gasteiger partial charge in [0, 0.05) is 25.7 Å². The number of esters is 4. The molecule has 0 saturated heterocycles.